The second-order valence-electron chi connectivity index (χ2n) is 3.70. The molecule has 0 saturated heterocycles. The van der Waals surface area contributed by atoms with Gasteiger partial charge < -0.3 is 8.98 Å². The molecule has 0 radical (unpaired) electrons. The van der Waals surface area contributed by atoms with Gasteiger partial charge >= 0.3 is 5.63 Å². The molecule has 3 heterocycles. The maximum atomic E-state index is 11.6. The quantitative estimate of drug-likeness (QED) is 0.685. The van der Waals surface area contributed by atoms with E-state index in [-0.39, 0.29) is 0 Å². The van der Waals surface area contributed by atoms with Crippen LogP contribution >= 0.6 is 0 Å². The number of hydrogen-bond donors (Lipinski definition) is 0. The molecule has 3 aromatic rings. The van der Waals surface area contributed by atoms with E-state index in [9.17, 15) is 4.79 Å². The fraction of sp³-hybridized carbons (Fsp3) is 0. The Morgan fingerprint density at radius 2 is 1.89 bits per heavy atom. The molecule has 0 unspecified atom stereocenters. The third kappa shape index (κ3) is 1.93. The summed E-state index contributed by atoms with van der Waals surface area (Å²) in [5.41, 5.74) is 1.13. The van der Waals surface area contributed by atoms with Crippen molar-refractivity contribution in [2.24, 2.45) is 0 Å². The Bertz CT molecular complexity index is 703. The van der Waals surface area contributed by atoms with Crippen molar-refractivity contribution in [3.05, 3.63) is 65.8 Å². The molecule has 0 aliphatic carbocycles. The molecule has 0 aliphatic heterocycles. The summed E-state index contributed by atoms with van der Waals surface area (Å²) >= 11 is 0. The highest BCUT2D eigenvalue weighted by Crippen LogP contribution is 2.19. The summed E-state index contributed by atoms with van der Waals surface area (Å²) in [6.07, 6.45) is 8.36. The lowest BCUT2D eigenvalue weighted by atomic mass is 10.2. The van der Waals surface area contributed by atoms with Crippen molar-refractivity contribution < 1.29 is 4.42 Å². The summed E-state index contributed by atoms with van der Waals surface area (Å²) < 4.78 is 6.94. The van der Waals surface area contributed by atoms with Crippen LogP contribution in [0.1, 0.15) is 0 Å². The average molecular weight is 239 g/mol. The first kappa shape index (κ1) is 10.5. The van der Waals surface area contributed by atoms with Crippen LogP contribution in [0.2, 0.25) is 0 Å². The van der Waals surface area contributed by atoms with Crippen molar-refractivity contribution in [1.82, 2.24) is 14.5 Å². The molecule has 5 nitrogen and oxygen atoms in total. The van der Waals surface area contributed by atoms with E-state index < -0.39 is 5.63 Å². The fourth-order valence-electron chi connectivity index (χ4n) is 1.68. The first-order valence-corrected chi connectivity index (χ1v) is 5.37. The molecule has 0 bridgehead atoms. The van der Waals surface area contributed by atoms with Gasteiger partial charge in [0.2, 0.25) is 0 Å². The Hall–Kier alpha value is -2.69. The highest BCUT2D eigenvalue weighted by Gasteiger charge is 2.05. The van der Waals surface area contributed by atoms with Gasteiger partial charge in [-0.1, -0.05) is 0 Å². The van der Waals surface area contributed by atoms with Gasteiger partial charge in [-0.2, -0.15) is 0 Å². The molecule has 18 heavy (non-hydrogen) atoms. The monoisotopic (exact) mass is 239 g/mol. The van der Waals surface area contributed by atoms with Gasteiger partial charge in [0, 0.05) is 42.5 Å². The number of pyridine rings is 1. The van der Waals surface area contributed by atoms with Gasteiger partial charge in [-0.05, 0) is 12.1 Å². The van der Waals surface area contributed by atoms with E-state index in [0.29, 0.717) is 5.76 Å². The molecule has 0 aromatic carbocycles. The van der Waals surface area contributed by atoms with Crippen LogP contribution in [0.25, 0.3) is 17.0 Å². The molecule has 0 fully saturated rings. The zero-order valence-electron chi connectivity index (χ0n) is 9.35. The standard InChI is InChI=1S/C13H9N3O2/c17-13-8-11(16-6-5-15-9-16)7-12(18-13)10-1-3-14-4-2-10/h1-9H. The van der Waals surface area contributed by atoms with Crippen molar-refractivity contribution in [2.45, 2.75) is 0 Å². The molecule has 0 saturated carbocycles. The SMILES string of the molecule is O=c1cc(-n2ccnc2)cc(-c2ccncc2)o1. The molecule has 0 N–H and O–H groups in total. The predicted molar refractivity (Wildman–Crippen MR) is 65.3 cm³/mol. The molecule has 0 aliphatic rings. The highest BCUT2D eigenvalue weighted by atomic mass is 16.4. The van der Waals surface area contributed by atoms with Crippen molar-refractivity contribution in [3.8, 4) is 17.0 Å². The van der Waals surface area contributed by atoms with Crippen LogP contribution < -0.4 is 5.63 Å². The molecule has 3 aromatic heterocycles. The lowest BCUT2D eigenvalue weighted by Crippen LogP contribution is -2.02. The first-order valence-electron chi connectivity index (χ1n) is 5.37. The summed E-state index contributed by atoms with van der Waals surface area (Å²) in [6.45, 7) is 0. The zero-order valence-corrected chi connectivity index (χ0v) is 9.35. The maximum absolute atomic E-state index is 11.6. The maximum Gasteiger partial charge on any atom is 0.338 e. The van der Waals surface area contributed by atoms with E-state index in [1.807, 2.05) is 0 Å². The lowest BCUT2D eigenvalue weighted by Gasteiger charge is -2.04. The molecule has 0 spiro atoms. The summed E-state index contributed by atoms with van der Waals surface area (Å²) in [6, 6.07) is 6.79. The summed E-state index contributed by atoms with van der Waals surface area (Å²) in [7, 11) is 0. The Morgan fingerprint density at radius 1 is 1.06 bits per heavy atom. The minimum Gasteiger partial charge on any atom is -0.423 e. The average Bonchev–Trinajstić information content (AvgIpc) is 2.93. The van der Waals surface area contributed by atoms with Crippen molar-refractivity contribution in [1.29, 1.82) is 0 Å². The minimum absolute atomic E-state index is 0.395. The fourth-order valence-corrected chi connectivity index (χ4v) is 1.68. The third-order valence-corrected chi connectivity index (χ3v) is 2.52. The van der Waals surface area contributed by atoms with Gasteiger partial charge in [-0.15, -0.1) is 0 Å². The number of aromatic nitrogens is 3. The molecule has 0 atom stereocenters. The second kappa shape index (κ2) is 4.29. The van der Waals surface area contributed by atoms with Gasteiger partial charge in [-0.25, -0.2) is 9.78 Å². The van der Waals surface area contributed by atoms with E-state index in [1.54, 1.807) is 53.9 Å². The third-order valence-electron chi connectivity index (χ3n) is 2.52. The zero-order chi connectivity index (χ0) is 12.4. The van der Waals surface area contributed by atoms with Crippen LogP contribution in [0.15, 0.2) is 64.6 Å². The van der Waals surface area contributed by atoms with Crippen molar-refractivity contribution >= 4 is 0 Å². The first-order chi connectivity index (χ1) is 8.83. The smallest absolute Gasteiger partial charge is 0.338 e. The van der Waals surface area contributed by atoms with Crippen LogP contribution in [-0.4, -0.2) is 14.5 Å². The lowest BCUT2D eigenvalue weighted by molar-refractivity contribution is 0.524. The van der Waals surface area contributed by atoms with Crippen LogP contribution in [0.5, 0.6) is 0 Å². The Kier molecular flexibility index (Phi) is 2.49. The minimum atomic E-state index is -0.395. The van der Waals surface area contributed by atoms with Crippen LogP contribution in [-0.2, 0) is 0 Å². The van der Waals surface area contributed by atoms with Crippen molar-refractivity contribution in [2.75, 3.05) is 0 Å². The summed E-state index contributed by atoms with van der Waals surface area (Å²) in [5.74, 6) is 0.508. The van der Waals surface area contributed by atoms with E-state index in [1.165, 1.54) is 6.07 Å². The largest absolute Gasteiger partial charge is 0.423 e. The van der Waals surface area contributed by atoms with Gasteiger partial charge in [0.15, 0.2) is 0 Å². The Morgan fingerprint density at radius 3 is 2.61 bits per heavy atom. The van der Waals surface area contributed by atoms with Gasteiger partial charge in [-0.3, -0.25) is 4.98 Å². The van der Waals surface area contributed by atoms with Crippen LogP contribution in [0.4, 0.5) is 0 Å². The van der Waals surface area contributed by atoms with Crippen LogP contribution in [0, 0.1) is 0 Å². The number of hydrogen-bond acceptors (Lipinski definition) is 4. The number of nitrogens with zero attached hydrogens (tertiary/aromatic N) is 3. The molecule has 0 amide bonds. The second-order valence-corrected chi connectivity index (χ2v) is 3.70. The molecular formula is C13H9N3O2. The van der Waals surface area contributed by atoms with E-state index >= 15 is 0 Å². The van der Waals surface area contributed by atoms with Crippen molar-refractivity contribution in [3.63, 3.8) is 0 Å². The van der Waals surface area contributed by atoms with Gasteiger partial charge in [0.05, 0.1) is 12.0 Å². The molecule has 88 valence electrons. The van der Waals surface area contributed by atoms with E-state index in [4.69, 9.17) is 4.42 Å². The van der Waals surface area contributed by atoms with E-state index in [2.05, 4.69) is 9.97 Å². The van der Waals surface area contributed by atoms with Gasteiger partial charge in [0.25, 0.3) is 0 Å². The summed E-state index contributed by atoms with van der Waals surface area (Å²) in [5, 5.41) is 0. The molecular weight excluding hydrogens is 230 g/mol. The highest BCUT2D eigenvalue weighted by molar-refractivity contribution is 5.58. The van der Waals surface area contributed by atoms with Gasteiger partial charge in [0.1, 0.15) is 5.76 Å². The molecule has 5 heteroatoms. The predicted octanol–water partition coefficient (Wildman–Crippen LogP) is 1.89. The number of imidazole rings is 1. The topological polar surface area (TPSA) is 60.9 Å². The normalized spacial score (nSPS) is 10.4. The molecule has 3 rings (SSSR count). The number of rotatable bonds is 2. The Balaban J connectivity index is 2.15. The summed E-state index contributed by atoms with van der Waals surface area (Å²) in [4.78, 5) is 19.4. The van der Waals surface area contributed by atoms with Crippen LogP contribution in [0.3, 0.4) is 0 Å². The van der Waals surface area contributed by atoms with E-state index in [0.717, 1.165) is 11.3 Å². The Labute approximate surface area is 102 Å².